The van der Waals surface area contributed by atoms with Gasteiger partial charge in [-0.1, -0.05) is 48.9 Å². The number of aromatic nitrogens is 2. The minimum Gasteiger partial charge on any atom is -0.444 e. The molecule has 0 atom stereocenters. The molecule has 34 heavy (non-hydrogen) atoms. The van der Waals surface area contributed by atoms with Crippen LogP contribution in [-0.2, 0) is 17.7 Å². The number of likely N-dealkylation sites (tertiary alicyclic amines) is 1. The molecule has 1 aliphatic heterocycles. The molecule has 0 N–H and O–H groups in total. The Kier molecular flexibility index (Phi) is 7.44. The summed E-state index contributed by atoms with van der Waals surface area (Å²) in [6.45, 7) is 7.59. The number of benzene rings is 2. The summed E-state index contributed by atoms with van der Waals surface area (Å²) in [5.41, 5.74) is 2.94. The largest absolute Gasteiger partial charge is 0.444 e. The molecule has 3 aromatic rings. The number of unbranched alkanes of at least 4 members (excludes halogenated alkanes) is 2. The highest BCUT2D eigenvalue weighted by Crippen LogP contribution is 2.27. The first-order valence-electron chi connectivity index (χ1n) is 12.5. The molecule has 2 aromatic carbocycles. The highest BCUT2D eigenvalue weighted by atomic mass is 16.6. The Labute approximate surface area is 202 Å². The predicted molar refractivity (Wildman–Crippen MR) is 136 cm³/mol. The lowest BCUT2D eigenvalue weighted by Crippen LogP contribution is -2.43. The van der Waals surface area contributed by atoms with Gasteiger partial charge in [0.2, 0.25) is 0 Å². The van der Waals surface area contributed by atoms with E-state index in [1.807, 2.05) is 60.2 Å². The molecule has 6 heteroatoms. The smallest absolute Gasteiger partial charge is 0.410 e. The number of carbonyl (C=O) groups is 1. The first-order chi connectivity index (χ1) is 16.3. The Hall–Kier alpha value is -3.02. The average molecular weight is 464 g/mol. The quantitative estimate of drug-likeness (QED) is 0.417. The number of rotatable bonds is 7. The van der Waals surface area contributed by atoms with Gasteiger partial charge in [0.15, 0.2) is 0 Å². The third-order valence-electron chi connectivity index (χ3n) is 6.54. The summed E-state index contributed by atoms with van der Waals surface area (Å²) in [7, 11) is 0. The summed E-state index contributed by atoms with van der Waals surface area (Å²) >= 11 is 0. The fraction of sp³-hybridized carbons (Fsp3) is 0.500. The summed E-state index contributed by atoms with van der Waals surface area (Å²) in [6.07, 6.45) is 5.52. The Morgan fingerprint density at radius 3 is 2.24 bits per heavy atom. The second-order valence-corrected chi connectivity index (χ2v) is 10.3. The lowest BCUT2D eigenvalue weighted by atomic mass is 10.0. The number of piperidine rings is 1. The zero-order valence-corrected chi connectivity index (χ0v) is 20.7. The average Bonchev–Trinajstić information content (AvgIpc) is 3.10. The van der Waals surface area contributed by atoms with Crippen LogP contribution >= 0.6 is 0 Å². The SMILES string of the molecule is CC(C)(C)OC(=O)N1CCC(n2c(=O)n(CCCCCc3ccccc3)c3ccccc32)CC1. The van der Waals surface area contributed by atoms with Crippen molar-refractivity contribution in [3.63, 3.8) is 0 Å². The first kappa shape index (κ1) is 24.1. The van der Waals surface area contributed by atoms with Crippen LogP contribution in [0.5, 0.6) is 0 Å². The van der Waals surface area contributed by atoms with Crippen LogP contribution in [0.25, 0.3) is 11.0 Å². The van der Waals surface area contributed by atoms with E-state index in [1.54, 1.807) is 4.90 Å². The minimum atomic E-state index is -0.501. The molecular formula is C28H37N3O3. The molecule has 0 spiro atoms. The molecule has 4 rings (SSSR count). The number of amides is 1. The molecule has 0 unspecified atom stereocenters. The van der Waals surface area contributed by atoms with Crippen LogP contribution in [0.2, 0.25) is 0 Å². The summed E-state index contributed by atoms with van der Waals surface area (Å²) in [6, 6.07) is 18.8. The molecule has 1 aromatic heterocycles. The number of nitrogens with zero attached hydrogens (tertiary/aromatic N) is 3. The van der Waals surface area contributed by atoms with Crippen molar-refractivity contribution in [2.45, 2.75) is 77.5 Å². The second-order valence-electron chi connectivity index (χ2n) is 10.3. The number of aryl methyl sites for hydroxylation is 2. The van der Waals surface area contributed by atoms with Gasteiger partial charge in [-0.3, -0.25) is 9.13 Å². The van der Waals surface area contributed by atoms with Crippen LogP contribution < -0.4 is 5.69 Å². The molecule has 0 aliphatic carbocycles. The zero-order chi connectivity index (χ0) is 24.1. The molecule has 0 radical (unpaired) electrons. The molecule has 0 saturated carbocycles. The van der Waals surface area contributed by atoms with Gasteiger partial charge in [-0.15, -0.1) is 0 Å². The lowest BCUT2D eigenvalue weighted by molar-refractivity contribution is 0.0188. The number of hydrogen-bond donors (Lipinski definition) is 0. The number of hydrogen-bond acceptors (Lipinski definition) is 3. The Morgan fingerprint density at radius 1 is 0.912 bits per heavy atom. The molecule has 182 valence electrons. The van der Waals surface area contributed by atoms with Crippen molar-refractivity contribution in [2.75, 3.05) is 13.1 Å². The summed E-state index contributed by atoms with van der Waals surface area (Å²) in [5, 5.41) is 0. The van der Waals surface area contributed by atoms with Crippen molar-refractivity contribution in [1.82, 2.24) is 14.0 Å². The number of fused-ring (bicyclic) bond motifs is 1. The monoisotopic (exact) mass is 463 g/mol. The Balaban J connectivity index is 1.40. The molecule has 2 heterocycles. The van der Waals surface area contributed by atoms with Crippen molar-refractivity contribution in [1.29, 1.82) is 0 Å². The van der Waals surface area contributed by atoms with E-state index in [1.165, 1.54) is 5.56 Å². The lowest BCUT2D eigenvalue weighted by Gasteiger charge is -2.33. The fourth-order valence-electron chi connectivity index (χ4n) is 4.85. The molecule has 1 fully saturated rings. The third kappa shape index (κ3) is 5.72. The van der Waals surface area contributed by atoms with Crippen LogP contribution in [0.4, 0.5) is 4.79 Å². The summed E-state index contributed by atoms with van der Waals surface area (Å²) in [4.78, 5) is 27.7. The summed E-state index contributed by atoms with van der Waals surface area (Å²) in [5.74, 6) is 0. The molecule has 6 nitrogen and oxygen atoms in total. The van der Waals surface area contributed by atoms with Crippen LogP contribution in [0.15, 0.2) is 59.4 Å². The Morgan fingerprint density at radius 2 is 1.56 bits per heavy atom. The van der Waals surface area contributed by atoms with Gasteiger partial charge in [-0.05, 0) is 70.6 Å². The van der Waals surface area contributed by atoms with E-state index in [-0.39, 0.29) is 17.8 Å². The van der Waals surface area contributed by atoms with E-state index < -0.39 is 5.60 Å². The van der Waals surface area contributed by atoms with E-state index in [2.05, 4.69) is 24.3 Å². The molecular weight excluding hydrogens is 426 g/mol. The topological polar surface area (TPSA) is 56.5 Å². The number of para-hydroxylation sites is 2. The van der Waals surface area contributed by atoms with Gasteiger partial charge < -0.3 is 9.64 Å². The maximum Gasteiger partial charge on any atom is 0.410 e. The second kappa shape index (κ2) is 10.5. The van der Waals surface area contributed by atoms with Gasteiger partial charge in [0.05, 0.1) is 11.0 Å². The van der Waals surface area contributed by atoms with Crippen molar-refractivity contribution in [3.05, 3.63) is 70.6 Å². The molecule has 0 bridgehead atoms. The van der Waals surface area contributed by atoms with Gasteiger partial charge in [-0.25, -0.2) is 9.59 Å². The Bertz CT molecular complexity index is 1150. The number of imidazole rings is 1. The highest BCUT2D eigenvalue weighted by Gasteiger charge is 2.29. The predicted octanol–water partition coefficient (Wildman–Crippen LogP) is 5.79. The van der Waals surface area contributed by atoms with Gasteiger partial charge in [0, 0.05) is 25.7 Å². The van der Waals surface area contributed by atoms with Crippen molar-refractivity contribution < 1.29 is 9.53 Å². The molecule has 1 aliphatic rings. The van der Waals surface area contributed by atoms with Crippen LogP contribution in [0.1, 0.15) is 64.5 Å². The highest BCUT2D eigenvalue weighted by molar-refractivity contribution is 5.76. The van der Waals surface area contributed by atoms with E-state index in [4.69, 9.17) is 4.74 Å². The van der Waals surface area contributed by atoms with Crippen molar-refractivity contribution >= 4 is 17.1 Å². The van der Waals surface area contributed by atoms with Crippen molar-refractivity contribution in [3.8, 4) is 0 Å². The van der Waals surface area contributed by atoms with E-state index in [0.29, 0.717) is 13.1 Å². The maximum absolute atomic E-state index is 13.5. The van der Waals surface area contributed by atoms with Crippen LogP contribution in [-0.4, -0.2) is 38.8 Å². The van der Waals surface area contributed by atoms with Crippen LogP contribution in [0, 0.1) is 0 Å². The van der Waals surface area contributed by atoms with Gasteiger partial charge >= 0.3 is 11.8 Å². The fourth-order valence-corrected chi connectivity index (χ4v) is 4.85. The standard InChI is InChI=1S/C28H37N3O3/c1-28(2,3)34-27(33)29-20-17-23(18-21-29)31-25-16-10-9-15-24(25)30(26(31)32)19-11-5-8-14-22-12-6-4-7-13-22/h4,6-7,9-10,12-13,15-16,23H,5,8,11,14,17-21H2,1-3H3. The van der Waals surface area contributed by atoms with Gasteiger partial charge in [0.1, 0.15) is 5.60 Å². The van der Waals surface area contributed by atoms with Crippen molar-refractivity contribution in [2.24, 2.45) is 0 Å². The number of carbonyl (C=O) groups excluding carboxylic acids is 1. The minimum absolute atomic E-state index is 0.0694. The normalized spacial score (nSPS) is 15.1. The summed E-state index contributed by atoms with van der Waals surface area (Å²) < 4.78 is 9.43. The van der Waals surface area contributed by atoms with Crippen LogP contribution in [0.3, 0.4) is 0 Å². The third-order valence-corrected chi connectivity index (χ3v) is 6.54. The molecule has 1 saturated heterocycles. The van der Waals surface area contributed by atoms with Gasteiger partial charge in [0.25, 0.3) is 0 Å². The van der Waals surface area contributed by atoms with E-state index in [0.717, 1.165) is 56.1 Å². The van der Waals surface area contributed by atoms with E-state index >= 15 is 0 Å². The maximum atomic E-state index is 13.5. The number of ether oxygens (including phenoxy) is 1. The van der Waals surface area contributed by atoms with E-state index in [9.17, 15) is 9.59 Å². The zero-order valence-electron chi connectivity index (χ0n) is 20.7. The molecule has 1 amide bonds. The van der Waals surface area contributed by atoms with Gasteiger partial charge in [-0.2, -0.15) is 0 Å². The first-order valence-corrected chi connectivity index (χ1v) is 12.5.